The lowest BCUT2D eigenvalue weighted by Crippen LogP contribution is -2.60. The maximum absolute atomic E-state index is 11.7. The highest BCUT2D eigenvalue weighted by molar-refractivity contribution is 5.91. The van der Waals surface area contributed by atoms with Gasteiger partial charge in [0.05, 0.1) is 12.2 Å². The standard InChI is InChI=1S/C19H25NO11/c1-8(22)20(2)11(18(28)29)6-10-9(17(26)27)4-3-5-12(10)30-19-16(25)15(24)14(23)13(7-21)31-19/h3-5,11,13-16,19,21,23-25H,6-7H2,1-2H3,(H,26,27)(H,28,29)/t11-,13+,14+,15-,16+,19?/m0/s1. The molecule has 6 atom stereocenters. The smallest absolute Gasteiger partial charge is 0.336 e. The van der Waals surface area contributed by atoms with Crippen LogP contribution in [0.15, 0.2) is 18.2 Å². The maximum atomic E-state index is 11.7. The van der Waals surface area contributed by atoms with Gasteiger partial charge >= 0.3 is 11.9 Å². The molecule has 1 aliphatic heterocycles. The average Bonchev–Trinajstić information content (AvgIpc) is 2.71. The van der Waals surface area contributed by atoms with E-state index in [1.807, 2.05) is 0 Å². The SMILES string of the molecule is CC(=O)N(C)[C@@H](Cc1c(OC2O[C@H](CO)[C@@H](O)[C@H](O)[C@H]2O)cccc1C(=O)O)C(=O)O. The summed E-state index contributed by atoms with van der Waals surface area (Å²) in [5.41, 5.74) is -0.391. The van der Waals surface area contributed by atoms with Gasteiger partial charge in [0.25, 0.3) is 0 Å². The first kappa shape index (κ1) is 24.5. The first-order valence-corrected chi connectivity index (χ1v) is 9.28. The number of rotatable bonds is 8. The van der Waals surface area contributed by atoms with Crippen molar-refractivity contribution in [2.45, 2.75) is 50.1 Å². The highest BCUT2D eigenvalue weighted by atomic mass is 16.7. The third kappa shape index (κ3) is 5.29. The number of carbonyl (C=O) groups is 3. The molecule has 31 heavy (non-hydrogen) atoms. The molecule has 1 aromatic carbocycles. The molecular weight excluding hydrogens is 418 g/mol. The van der Waals surface area contributed by atoms with Gasteiger partial charge in [-0.3, -0.25) is 4.79 Å². The quantitative estimate of drug-likeness (QED) is 0.261. The minimum absolute atomic E-state index is 0.0903. The number of aliphatic hydroxyl groups excluding tert-OH is 4. The molecular formula is C19H25NO11. The molecule has 0 radical (unpaired) electrons. The van der Waals surface area contributed by atoms with Crippen molar-refractivity contribution < 1.29 is 54.5 Å². The molecule has 1 saturated heterocycles. The fourth-order valence-electron chi connectivity index (χ4n) is 3.18. The number of likely N-dealkylation sites (N-methyl/N-ethyl adjacent to an activating group) is 1. The fourth-order valence-corrected chi connectivity index (χ4v) is 3.18. The Morgan fingerprint density at radius 3 is 2.29 bits per heavy atom. The number of aliphatic carboxylic acids is 1. The van der Waals surface area contributed by atoms with Gasteiger partial charge in [-0.25, -0.2) is 9.59 Å². The van der Waals surface area contributed by atoms with Gasteiger partial charge in [0.15, 0.2) is 0 Å². The zero-order valence-electron chi connectivity index (χ0n) is 16.8. The van der Waals surface area contributed by atoms with Crippen LogP contribution in [0.2, 0.25) is 0 Å². The van der Waals surface area contributed by atoms with Crippen LogP contribution in [0.4, 0.5) is 0 Å². The van der Waals surface area contributed by atoms with E-state index < -0.39 is 67.6 Å². The third-order valence-corrected chi connectivity index (χ3v) is 5.10. The molecule has 1 aliphatic rings. The van der Waals surface area contributed by atoms with E-state index in [9.17, 15) is 45.0 Å². The van der Waals surface area contributed by atoms with E-state index in [-0.39, 0.29) is 16.9 Å². The zero-order valence-corrected chi connectivity index (χ0v) is 16.8. The Morgan fingerprint density at radius 2 is 1.77 bits per heavy atom. The normalized spacial score (nSPS) is 26.7. The summed E-state index contributed by atoms with van der Waals surface area (Å²) in [6.07, 6.45) is -8.41. The van der Waals surface area contributed by atoms with Crippen molar-refractivity contribution in [2.75, 3.05) is 13.7 Å². The molecule has 0 bridgehead atoms. The van der Waals surface area contributed by atoms with Crippen LogP contribution < -0.4 is 4.74 Å². The lowest BCUT2D eigenvalue weighted by molar-refractivity contribution is -0.277. The number of carbonyl (C=O) groups excluding carboxylic acids is 1. The number of hydrogen-bond acceptors (Lipinski definition) is 9. The number of carboxylic acid groups (broad SMARTS) is 2. The van der Waals surface area contributed by atoms with Gasteiger partial charge in [0, 0.05) is 26.0 Å². The number of carboxylic acids is 2. The Hall–Kier alpha value is -2.77. The van der Waals surface area contributed by atoms with Crippen molar-refractivity contribution in [1.29, 1.82) is 0 Å². The van der Waals surface area contributed by atoms with Crippen LogP contribution in [0.1, 0.15) is 22.8 Å². The van der Waals surface area contributed by atoms with Gasteiger partial charge in [-0.2, -0.15) is 0 Å². The summed E-state index contributed by atoms with van der Waals surface area (Å²) in [4.78, 5) is 36.0. The van der Waals surface area contributed by atoms with E-state index in [0.717, 1.165) is 11.8 Å². The topological polar surface area (TPSA) is 194 Å². The van der Waals surface area contributed by atoms with Gasteiger partial charge in [-0.15, -0.1) is 0 Å². The van der Waals surface area contributed by atoms with E-state index in [1.165, 1.54) is 25.2 Å². The Kier molecular flexibility index (Phi) is 7.92. The largest absolute Gasteiger partial charge is 0.480 e. The number of ether oxygens (including phenoxy) is 2. The van der Waals surface area contributed by atoms with Gasteiger partial charge < -0.3 is 45.0 Å². The summed E-state index contributed by atoms with van der Waals surface area (Å²) < 4.78 is 10.8. The van der Waals surface area contributed by atoms with E-state index in [4.69, 9.17) is 9.47 Å². The molecule has 1 fully saturated rings. The Labute approximate surface area is 176 Å². The van der Waals surface area contributed by atoms with E-state index in [1.54, 1.807) is 0 Å². The number of amides is 1. The molecule has 1 amide bonds. The lowest BCUT2D eigenvalue weighted by Gasteiger charge is -2.39. The Bertz CT molecular complexity index is 827. The van der Waals surface area contributed by atoms with E-state index in [2.05, 4.69) is 0 Å². The number of hydrogen-bond donors (Lipinski definition) is 6. The van der Waals surface area contributed by atoms with Crippen LogP contribution in [0.25, 0.3) is 0 Å². The number of benzene rings is 1. The second-order valence-electron chi connectivity index (χ2n) is 7.09. The van der Waals surface area contributed by atoms with E-state index >= 15 is 0 Å². The van der Waals surface area contributed by atoms with Gasteiger partial charge in [0.2, 0.25) is 12.2 Å². The molecule has 1 aromatic rings. The predicted octanol–water partition coefficient (Wildman–Crippen LogP) is -1.96. The summed E-state index contributed by atoms with van der Waals surface area (Å²) in [6, 6.07) is 2.41. The summed E-state index contributed by atoms with van der Waals surface area (Å²) >= 11 is 0. The van der Waals surface area contributed by atoms with Crippen molar-refractivity contribution in [3.63, 3.8) is 0 Å². The molecule has 12 nitrogen and oxygen atoms in total. The summed E-state index contributed by atoms with van der Waals surface area (Å²) in [5, 5.41) is 58.3. The van der Waals surface area contributed by atoms with E-state index in [0.29, 0.717) is 0 Å². The van der Waals surface area contributed by atoms with Crippen LogP contribution in [0.3, 0.4) is 0 Å². The van der Waals surface area contributed by atoms with Crippen LogP contribution in [0.5, 0.6) is 5.75 Å². The molecule has 6 N–H and O–H groups in total. The average molecular weight is 443 g/mol. The summed E-state index contributed by atoms with van der Waals surface area (Å²) in [5.74, 6) is -3.50. The Balaban J connectivity index is 2.44. The molecule has 1 unspecified atom stereocenters. The van der Waals surface area contributed by atoms with Crippen LogP contribution >= 0.6 is 0 Å². The molecule has 0 spiro atoms. The first-order chi connectivity index (χ1) is 14.5. The van der Waals surface area contributed by atoms with Crippen molar-refractivity contribution in [3.05, 3.63) is 29.3 Å². The number of aromatic carboxylic acids is 1. The zero-order chi connectivity index (χ0) is 23.5. The van der Waals surface area contributed by atoms with Crippen LogP contribution in [0, 0.1) is 0 Å². The molecule has 2 rings (SSSR count). The highest BCUT2D eigenvalue weighted by Gasteiger charge is 2.45. The maximum Gasteiger partial charge on any atom is 0.336 e. The third-order valence-electron chi connectivity index (χ3n) is 5.10. The summed E-state index contributed by atoms with van der Waals surface area (Å²) in [6.45, 7) is 0.460. The molecule has 12 heteroatoms. The fraction of sp³-hybridized carbons (Fsp3) is 0.526. The van der Waals surface area contributed by atoms with Crippen LogP contribution in [-0.4, -0.2) is 104 Å². The molecule has 1 heterocycles. The van der Waals surface area contributed by atoms with Gasteiger partial charge in [-0.05, 0) is 12.1 Å². The molecule has 0 aromatic heterocycles. The molecule has 0 saturated carbocycles. The molecule has 0 aliphatic carbocycles. The summed E-state index contributed by atoms with van der Waals surface area (Å²) in [7, 11) is 1.25. The minimum atomic E-state index is -1.76. The van der Waals surface area contributed by atoms with Crippen molar-refractivity contribution in [3.8, 4) is 5.75 Å². The Morgan fingerprint density at radius 1 is 1.13 bits per heavy atom. The van der Waals surface area contributed by atoms with Crippen molar-refractivity contribution in [2.24, 2.45) is 0 Å². The second-order valence-corrected chi connectivity index (χ2v) is 7.09. The first-order valence-electron chi connectivity index (χ1n) is 9.28. The van der Waals surface area contributed by atoms with Crippen molar-refractivity contribution in [1.82, 2.24) is 4.90 Å². The van der Waals surface area contributed by atoms with Gasteiger partial charge in [0.1, 0.15) is 36.2 Å². The minimum Gasteiger partial charge on any atom is -0.480 e. The number of nitrogens with zero attached hydrogens (tertiary/aromatic N) is 1. The highest BCUT2D eigenvalue weighted by Crippen LogP contribution is 2.30. The van der Waals surface area contributed by atoms with Gasteiger partial charge in [-0.1, -0.05) is 6.07 Å². The second kappa shape index (κ2) is 10.0. The predicted molar refractivity (Wildman–Crippen MR) is 101 cm³/mol. The van der Waals surface area contributed by atoms with Crippen molar-refractivity contribution >= 4 is 17.8 Å². The monoisotopic (exact) mass is 443 g/mol. The number of aliphatic hydroxyl groups is 4. The lowest BCUT2D eigenvalue weighted by atomic mass is 9.97. The van der Waals surface area contributed by atoms with Crippen LogP contribution in [-0.2, 0) is 20.7 Å². The molecule has 172 valence electrons.